The second-order valence-corrected chi connectivity index (χ2v) is 24.1. The predicted octanol–water partition coefficient (Wildman–Crippen LogP) is 24.5. The molecular weight excluding hydrogens is 985 g/mol. The highest BCUT2D eigenvalue weighted by Gasteiger charge is 2.19. The summed E-state index contributed by atoms with van der Waals surface area (Å²) in [5.74, 6) is -0.848. The quantitative estimate of drug-likeness (QED) is 0.0261. The fraction of sp³-hybridized carbons (Fsp3) is 0.851. The van der Waals surface area contributed by atoms with Crippen molar-refractivity contribution >= 4 is 17.9 Å². The third-order valence-corrected chi connectivity index (χ3v) is 16.1. The van der Waals surface area contributed by atoms with Crippen LogP contribution in [0.15, 0.2) is 48.6 Å². The standard InChI is InChI=1S/C74H136O6/c1-4-7-10-13-16-19-22-25-28-31-34-36-37-38-41-43-46-49-52-55-58-61-64-67-73(76)79-70-71(69-78-72(75)66-63-60-57-54-51-48-45-42-39-33-30-27-24-21-18-15-12-9-6-3)80-74(77)68-65-62-59-56-53-50-47-44-40-35-32-29-26-23-20-17-14-11-8-5-2/h18,21-22,25,27,30-31,34,71H,4-17,19-20,23-24,26,28-29,32-33,35-70H2,1-3H3/b21-18-,25-22-,30-27-,34-31-. The van der Waals surface area contributed by atoms with Gasteiger partial charge in [0.2, 0.25) is 0 Å². The molecule has 468 valence electrons. The second-order valence-electron chi connectivity index (χ2n) is 24.1. The van der Waals surface area contributed by atoms with E-state index in [1.807, 2.05) is 0 Å². The molecule has 0 spiro atoms. The molecule has 0 radical (unpaired) electrons. The van der Waals surface area contributed by atoms with Gasteiger partial charge in [-0.15, -0.1) is 0 Å². The number of esters is 3. The minimum atomic E-state index is -0.775. The third kappa shape index (κ3) is 66.2. The van der Waals surface area contributed by atoms with Crippen LogP contribution in [0.25, 0.3) is 0 Å². The molecule has 0 saturated carbocycles. The minimum absolute atomic E-state index is 0.0711. The lowest BCUT2D eigenvalue weighted by Gasteiger charge is -2.18. The SMILES string of the molecule is CCCCC/C=C\C/C=C\CCCCCCCCCCCC(=O)OCC(COC(=O)CCCCCCCCCCCCC/C=C\C/C=C\CCCCCCC)OC(=O)CCCCCCCCCCCCCCCCCCCCCC. The Morgan fingerprint density at radius 2 is 0.450 bits per heavy atom. The maximum Gasteiger partial charge on any atom is 0.306 e. The topological polar surface area (TPSA) is 78.9 Å². The maximum atomic E-state index is 13.0. The van der Waals surface area contributed by atoms with E-state index in [-0.39, 0.29) is 31.1 Å². The third-order valence-electron chi connectivity index (χ3n) is 16.1. The van der Waals surface area contributed by atoms with E-state index in [2.05, 4.69) is 69.4 Å². The average Bonchev–Trinajstić information content (AvgIpc) is 3.46. The summed E-state index contributed by atoms with van der Waals surface area (Å²) in [7, 11) is 0. The van der Waals surface area contributed by atoms with Gasteiger partial charge in [-0.2, -0.15) is 0 Å². The summed E-state index contributed by atoms with van der Waals surface area (Å²) in [6.07, 6.45) is 87.0. The van der Waals surface area contributed by atoms with Crippen molar-refractivity contribution in [1.29, 1.82) is 0 Å². The van der Waals surface area contributed by atoms with Crippen molar-refractivity contribution in [1.82, 2.24) is 0 Å². The summed E-state index contributed by atoms with van der Waals surface area (Å²) < 4.78 is 17.0. The van der Waals surface area contributed by atoms with Crippen LogP contribution in [0.5, 0.6) is 0 Å². The zero-order valence-corrected chi connectivity index (χ0v) is 53.9. The molecule has 0 N–H and O–H groups in total. The van der Waals surface area contributed by atoms with E-state index in [9.17, 15) is 14.4 Å². The summed E-state index contributed by atoms with van der Waals surface area (Å²) >= 11 is 0. The fourth-order valence-corrected chi connectivity index (χ4v) is 10.7. The molecule has 0 aliphatic heterocycles. The molecule has 6 nitrogen and oxygen atoms in total. The van der Waals surface area contributed by atoms with E-state index >= 15 is 0 Å². The average molecular weight is 1120 g/mol. The molecule has 0 aliphatic rings. The van der Waals surface area contributed by atoms with Gasteiger partial charge in [-0.3, -0.25) is 14.4 Å². The van der Waals surface area contributed by atoms with Gasteiger partial charge in [0.1, 0.15) is 13.2 Å². The fourth-order valence-electron chi connectivity index (χ4n) is 10.7. The number of ether oxygens (including phenoxy) is 3. The Hall–Kier alpha value is -2.63. The monoisotopic (exact) mass is 1120 g/mol. The molecule has 0 aromatic carbocycles. The number of carbonyl (C=O) groups excluding carboxylic acids is 3. The van der Waals surface area contributed by atoms with E-state index in [1.54, 1.807) is 0 Å². The largest absolute Gasteiger partial charge is 0.462 e. The molecule has 0 heterocycles. The molecule has 0 saturated heterocycles. The molecule has 0 bridgehead atoms. The lowest BCUT2D eigenvalue weighted by molar-refractivity contribution is -0.167. The van der Waals surface area contributed by atoms with E-state index in [0.29, 0.717) is 19.3 Å². The number of hydrogen-bond acceptors (Lipinski definition) is 6. The van der Waals surface area contributed by atoms with Crippen molar-refractivity contribution in [2.24, 2.45) is 0 Å². The van der Waals surface area contributed by atoms with Crippen molar-refractivity contribution in [2.75, 3.05) is 13.2 Å². The summed E-state index contributed by atoms with van der Waals surface area (Å²) in [6.45, 7) is 6.68. The Labute approximate surface area is 498 Å². The van der Waals surface area contributed by atoms with Gasteiger partial charge in [0.15, 0.2) is 6.10 Å². The molecule has 6 heteroatoms. The Kier molecular flexibility index (Phi) is 66.6. The molecule has 0 aromatic rings. The zero-order valence-electron chi connectivity index (χ0n) is 53.9. The van der Waals surface area contributed by atoms with Crippen LogP contribution < -0.4 is 0 Å². The van der Waals surface area contributed by atoms with E-state index in [4.69, 9.17) is 14.2 Å². The van der Waals surface area contributed by atoms with Gasteiger partial charge in [-0.1, -0.05) is 333 Å². The van der Waals surface area contributed by atoms with Crippen LogP contribution in [-0.2, 0) is 28.6 Å². The predicted molar refractivity (Wildman–Crippen MR) is 349 cm³/mol. The zero-order chi connectivity index (χ0) is 57.8. The van der Waals surface area contributed by atoms with E-state index in [0.717, 1.165) is 70.6 Å². The normalized spacial score (nSPS) is 12.3. The first kappa shape index (κ1) is 77.4. The van der Waals surface area contributed by atoms with Crippen LogP contribution >= 0.6 is 0 Å². The molecule has 0 amide bonds. The first-order valence-electron chi connectivity index (χ1n) is 35.6. The van der Waals surface area contributed by atoms with Crippen molar-refractivity contribution in [3.63, 3.8) is 0 Å². The minimum Gasteiger partial charge on any atom is -0.462 e. The van der Waals surface area contributed by atoms with Crippen molar-refractivity contribution < 1.29 is 28.6 Å². The Morgan fingerprint density at radius 1 is 0.250 bits per heavy atom. The highest BCUT2D eigenvalue weighted by Crippen LogP contribution is 2.18. The van der Waals surface area contributed by atoms with Gasteiger partial charge < -0.3 is 14.2 Å². The summed E-state index contributed by atoms with van der Waals surface area (Å²) in [4.78, 5) is 38.5. The maximum absolute atomic E-state index is 13.0. The molecular formula is C74H136O6. The van der Waals surface area contributed by atoms with Crippen molar-refractivity contribution in [3.8, 4) is 0 Å². The summed E-state index contributed by atoms with van der Waals surface area (Å²) in [5, 5.41) is 0. The number of hydrogen-bond donors (Lipinski definition) is 0. The van der Waals surface area contributed by atoms with Crippen molar-refractivity contribution in [3.05, 3.63) is 48.6 Å². The molecule has 1 atom stereocenters. The molecule has 0 aliphatic carbocycles. The number of rotatable bonds is 66. The highest BCUT2D eigenvalue weighted by molar-refractivity contribution is 5.71. The van der Waals surface area contributed by atoms with Crippen molar-refractivity contribution in [2.45, 2.75) is 393 Å². The molecule has 0 aromatic heterocycles. The van der Waals surface area contributed by atoms with Gasteiger partial charge in [0.05, 0.1) is 0 Å². The summed E-state index contributed by atoms with van der Waals surface area (Å²) in [6, 6.07) is 0. The summed E-state index contributed by atoms with van der Waals surface area (Å²) in [5.41, 5.74) is 0. The van der Waals surface area contributed by atoms with Gasteiger partial charge in [-0.05, 0) is 83.5 Å². The second kappa shape index (κ2) is 68.9. The highest BCUT2D eigenvalue weighted by atomic mass is 16.6. The van der Waals surface area contributed by atoms with Crippen LogP contribution in [0.2, 0.25) is 0 Å². The number of unbranched alkanes of at least 4 members (excludes halogenated alkanes) is 47. The van der Waals surface area contributed by atoms with Crippen LogP contribution in [-0.4, -0.2) is 37.2 Å². The van der Waals surface area contributed by atoms with E-state index < -0.39 is 6.10 Å². The molecule has 80 heavy (non-hydrogen) atoms. The van der Waals surface area contributed by atoms with Crippen LogP contribution in [0.4, 0.5) is 0 Å². The Bertz CT molecular complexity index is 1380. The lowest BCUT2D eigenvalue weighted by Crippen LogP contribution is -2.30. The van der Waals surface area contributed by atoms with Gasteiger partial charge >= 0.3 is 17.9 Å². The van der Waals surface area contributed by atoms with E-state index in [1.165, 1.54) is 276 Å². The first-order chi connectivity index (χ1) is 39.5. The Morgan fingerprint density at radius 3 is 0.713 bits per heavy atom. The molecule has 0 rings (SSSR count). The lowest BCUT2D eigenvalue weighted by atomic mass is 10.0. The Balaban J connectivity index is 4.33. The van der Waals surface area contributed by atoms with Gasteiger partial charge in [-0.25, -0.2) is 0 Å². The molecule has 0 fully saturated rings. The first-order valence-corrected chi connectivity index (χ1v) is 35.6. The molecule has 1 unspecified atom stereocenters. The number of carbonyl (C=O) groups is 3. The van der Waals surface area contributed by atoms with Crippen LogP contribution in [0.1, 0.15) is 387 Å². The van der Waals surface area contributed by atoms with Crippen LogP contribution in [0, 0.1) is 0 Å². The van der Waals surface area contributed by atoms with Gasteiger partial charge in [0.25, 0.3) is 0 Å². The van der Waals surface area contributed by atoms with Crippen LogP contribution in [0.3, 0.4) is 0 Å². The van der Waals surface area contributed by atoms with Gasteiger partial charge in [0, 0.05) is 19.3 Å². The smallest absolute Gasteiger partial charge is 0.306 e. The number of allylic oxidation sites excluding steroid dienone is 8.